The molecule has 1 fully saturated rings. The van der Waals surface area contributed by atoms with Crippen LogP contribution in [0.4, 0.5) is 5.69 Å². The third-order valence-corrected chi connectivity index (χ3v) is 2.77. The molecule has 1 saturated heterocycles. The number of nitrogens with zero attached hydrogens (tertiary/aromatic N) is 1. The fourth-order valence-corrected chi connectivity index (χ4v) is 1.89. The first kappa shape index (κ1) is 11.3. The van der Waals surface area contributed by atoms with E-state index < -0.39 is 11.2 Å². The van der Waals surface area contributed by atoms with Gasteiger partial charge in [-0.3, -0.25) is 10.1 Å². The van der Waals surface area contributed by atoms with Crippen molar-refractivity contribution in [1.29, 1.82) is 0 Å². The second-order valence-corrected chi connectivity index (χ2v) is 4.05. The maximum absolute atomic E-state index is 10.7. The van der Waals surface area contributed by atoms with Gasteiger partial charge in [0.25, 0.3) is 5.69 Å². The van der Waals surface area contributed by atoms with Crippen molar-refractivity contribution in [2.45, 2.75) is 6.29 Å². The van der Waals surface area contributed by atoms with Gasteiger partial charge in [-0.15, -0.1) is 0 Å². The summed E-state index contributed by atoms with van der Waals surface area (Å²) in [5.74, 6) is -0.0995. The van der Waals surface area contributed by atoms with E-state index in [4.69, 9.17) is 9.47 Å². The van der Waals surface area contributed by atoms with Crippen LogP contribution in [0.1, 0.15) is 11.9 Å². The molecule has 0 radical (unpaired) electrons. The number of nitro groups is 1. The number of phenolic OH excluding ortho intramolecular Hbond substituents is 1. The van der Waals surface area contributed by atoms with Gasteiger partial charge in [0.15, 0.2) is 6.29 Å². The van der Waals surface area contributed by atoms with Crippen molar-refractivity contribution in [3.8, 4) is 5.75 Å². The van der Waals surface area contributed by atoms with E-state index in [0.29, 0.717) is 13.2 Å². The molecule has 0 spiro atoms. The monoisotopic (exact) mass is 289 g/mol. The number of hydrogen-bond acceptors (Lipinski definition) is 5. The van der Waals surface area contributed by atoms with Gasteiger partial charge in [-0.25, -0.2) is 0 Å². The highest BCUT2D eigenvalue weighted by molar-refractivity contribution is 9.10. The van der Waals surface area contributed by atoms with Crippen LogP contribution in [-0.2, 0) is 9.47 Å². The summed E-state index contributed by atoms with van der Waals surface area (Å²) < 4.78 is 10.6. The summed E-state index contributed by atoms with van der Waals surface area (Å²) in [4.78, 5) is 10.1. The molecule has 2 rings (SSSR count). The second-order valence-electron chi connectivity index (χ2n) is 3.20. The highest BCUT2D eigenvalue weighted by atomic mass is 79.9. The van der Waals surface area contributed by atoms with Crippen molar-refractivity contribution >= 4 is 21.6 Å². The van der Waals surface area contributed by atoms with E-state index in [1.54, 1.807) is 0 Å². The maximum Gasteiger partial charge on any atom is 0.271 e. The summed E-state index contributed by atoms with van der Waals surface area (Å²) >= 11 is 3.05. The second kappa shape index (κ2) is 4.36. The first-order valence-corrected chi connectivity index (χ1v) is 5.29. The van der Waals surface area contributed by atoms with Crippen molar-refractivity contribution in [2.75, 3.05) is 13.2 Å². The molecule has 0 amide bonds. The van der Waals surface area contributed by atoms with Crippen molar-refractivity contribution in [3.05, 3.63) is 32.3 Å². The van der Waals surface area contributed by atoms with Crippen LogP contribution in [0.25, 0.3) is 0 Å². The van der Waals surface area contributed by atoms with E-state index in [9.17, 15) is 15.2 Å². The Balaban J connectivity index is 2.45. The largest absolute Gasteiger partial charge is 0.506 e. The van der Waals surface area contributed by atoms with Crippen molar-refractivity contribution in [3.63, 3.8) is 0 Å². The topological polar surface area (TPSA) is 81.8 Å². The molecule has 1 heterocycles. The predicted molar refractivity (Wildman–Crippen MR) is 57.1 cm³/mol. The molecule has 1 aromatic carbocycles. The fraction of sp³-hybridized carbons (Fsp3) is 0.333. The van der Waals surface area contributed by atoms with Gasteiger partial charge in [0, 0.05) is 12.1 Å². The molecular formula is C9H8BrNO5. The standard InChI is InChI=1S/C9H8BrNO5/c10-7-4-5(11(13)14)3-6(8(7)12)9-15-1-2-16-9/h3-4,9,12H,1-2H2. The molecule has 0 saturated carbocycles. The summed E-state index contributed by atoms with van der Waals surface area (Å²) in [6.07, 6.45) is -0.740. The van der Waals surface area contributed by atoms with E-state index in [0.717, 1.165) is 0 Å². The first-order chi connectivity index (χ1) is 7.59. The van der Waals surface area contributed by atoms with E-state index in [1.165, 1.54) is 12.1 Å². The van der Waals surface area contributed by atoms with Crippen LogP contribution in [0, 0.1) is 10.1 Å². The van der Waals surface area contributed by atoms with Crippen molar-refractivity contribution in [1.82, 2.24) is 0 Å². The molecule has 1 aliphatic rings. The van der Waals surface area contributed by atoms with Crippen LogP contribution in [0.15, 0.2) is 16.6 Å². The van der Waals surface area contributed by atoms with Gasteiger partial charge in [-0.2, -0.15) is 0 Å². The Morgan fingerprint density at radius 2 is 2.06 bits per heavy atom. The summed E-state index contributed by atoms with van der Waals surface area (Å²) in [5, 5.41) is 20.4. The molecule has 16 heavy (non-hydrogen) atoms. The molecule has 1 aromatic rings. The number of non-ortho nitro benzene ring substituents is 1. The van der Waals surface area contributed by atoms with Crippen molar-refractivity contribution < 1.29 is 19.5 Å². The molecular weight excluding hydrogens is 282 g/mol. The van der Waals surface area contributed by atoms with Crippen LogP contribution in [0.3, 0.4) is 0 Å². The zero-order valence-corrected chi connectivity index (χ0v) is 9.64. The van der Waals surface area contributed by atoms with E-state index in [2.05, 4.69) is 15.9 Å². The first-order valence-electron chi connectivity index (χ1n) is 4.49. The molecule has 0 aromatic heterocycles. The zero-order chi connectivity index (χ0) is 11.7. The lowest BCUT2D eigenvalue weighted by atomic mass is 10.1. The smallest absolute Gasteiger partial charge is 0.271 e. The van der Waals surface area contributed by atoms with E-state index in [1.807, 2.05) is 0 Å². The number of aromatic hydroxyl groups is 1. The zero-order valence-electron chi connectivity index (χ0n) is 8.05. The molecule has 0 unspecified atom stereocenters. The third-order valence-electron chi connectivity index (χ3n) is 2.16. The lowest BCUT2D eigenvalue weighted by molar-refractivity contribution is -0.385. The lowest BCUT2D eigenvalue weighted by Crippen LogP contribution is -2.00. The fourth-order valence-electron chi connectivity index (χ4n) is 1.43. The Labute approximate surface area is 99.1 Å². The Bertz CT molecular complexity index is 430. The quantitative estimate of drug-likeness (QED) is 0.666. The minimum Gasteiger partial charge on any atom is -0.506 e. The number of hydrogen-bond donors (Lipinski definition) is 1. The third kappa shape index (κ3) is 2.01. The van der Waals surface area contributed by atoms with Crippen LogP contribution in [0.5, 0.6) is 5.75 Å². The highest BCUT2D eigenvalue weighted by Gasteiger charge is 2.25. The Hall–Kier alpha value is -1.18. The van der Waals surface area contributed by atoms with Gasteiger partial charge in [0.05, 0.1) is 28.2 Å². The molecule has 1 aliphatic heterocycles. The SMILES string of the molecule is O=[N+]([O-])c1cc(Br)c(O)c(C2OCCO2)c1. The average molecular weight is 290 g/mol. The summed E-state index contributed by atoms with van der Waals surface area (Å²) in [6, 6.07) is 2.48. The van der Waals surface area contributed by atoms with Crippen LogP contribution in [-0.4, -0.2) is 23.2 Å². The van der Waals surface area contributed by atoms with Crippen LogP contribution in [0.2, 0.25) is 0 Å². The van der Waals surface area contributed by atoms with Crippen LogP contribution >= 0.6 is 15.9 Å². The number of benzene rings is 1. The predicted octanol–water partition coefficient (Wildman–Crippen LogP) is 2.11. The number of rotatable bonds is 2. The van der Waals surface area contributed by atoms with Gasteiger partial charge in [-0.05, 0) is 15.9 Å². The number of ether oxygens (including phenoxy) is 2. The summed E-state index contributed by atoms with van der Waals surface area (Å²) in [5.41, 5.74) is 0.136. The van der Waals surface area contributed by atoms with Gasteiger partial charge in [0.2, 0.25) is 0 Å². The highest BCUT2D eigenvalue weighted by Crippen LogP contribution is 2.38. The van der Waals surface area contributed by atoms with Gasteiger partial charge in [-0.1, -0.05) is 0 Å². The molecule has 0 atom stereocenters. The Morgan fingerprint density at radius 1 is 1.44 bits per heavy atom. The molecule has 1 N–H and O–H groups in total. The minimum atomic E-state index is -0.740. The van der Waals surface area contributed by atoms with E-state index in [-0.39, 0.29) is 21.5 Å². The molecule has 0 bridgehead atoms. The maximum atomic E-state index is 10.7. The van der Waals surface area contributed by atoms with Crippen molar-refractivity contribution in [2.24, 2.45) is 0 Å². The summed E-state index contributed by atoms with van der Waals surface area (Å²) in [7, 11) is 0. The minimum absolute atomic E-state index is 0.0995. The van der Waals surface area contributed by atoms with Gasteiger partial charge >= 0.3 is 0 Å². The van der Waals surface area contributed by atoms with Crippen LogP contribution < -0.4 is 0 Å². The number of nitro benzene ring substituents is 1. The van der Waals surface area contributed by atoms with E-state index >= 15 is 0 Å². The number of phenols is 1. The number of halogens is 1. The average Bonchev–Trinajstić information content (AvgIpc) is 2.74. The molecule has 86 valence electrons. The molecule has 7 heteroatoms. The lowest BCUT2D eigenvalue weighted by Gasteiger charge is -2.11. The summed E-state index contributed by atoms with van der Waals surface area (Å²) in [6.45, 7) is 0.814. The van der Waals surface area contributed by atoms with Gasteiger partial charge < -0.3 is 14.6 Å². The Kier molecular flexibility index (Phi) is 3.08. The Morgan fingerprint density at radius 3 is 2.62 bits per heavy atom. The molecule has 6 nitrogen and oxygen atoms in total. The van der Waals surface area contributed by atoms with Gasteiger partial charge in [0.1, 0.15) is 5.75 Å². The normalized spacial score (nSPS) is 16.6. The molecule has 0 aliphatic carbocycles.